The molecule has 0 rings (SSSR count). The first kappa shape index (κ1) is 12.7. The number of halogens is 1. The maximum Gasteiger partial charge on any atom is 0.235 e. The van der Waals surface area contributed by atoms with Crippen LogP contribution < -0.4 is 5.32 Å². The molecule has 13 heavy (non-hydrogen) atoms. The summed E-state index contributed by atoms with van der Waals surface area (Å²) in [5.41, 5.74) is 0. The number of rotatable bonds is 5. The number of hydrogen-bond donors (Lipinski definition) is 2. The zero-order chi connectivity index (χ0) is 10.5. The lowest BCUT2D eigenvalue weighted by Gasteiger charge is -2.13. The number of hydrogen-bond acceptors (Lipinski definition) is 4. The lowest BCUT2D eigenvalue weighted by Crippen LogP contribution is -2.42. The Hall–Kier alpha value is -0.330. The standard InChI is InChI=1S/C6H12ClNO4S/c1-13(11,12)4-5(3-9)8-6(10)2-7/h5,9H,2-4H2,1H3,(H,8,10)/t5-/m1/s1. The molecule has 0 radical (unpaired) electrons. The van der Waals surface area contributed by atoms with E-state index < -0.39 is 28.4 Å². The fourth-order valence-corrected chi connectivity index (χ4v) is 1.77. The van der Waals surface area contributed by atoms with Gasteiger partial charge in [0.15, 0.2) is 0 Å². The second-order valence-corrected chi connectivity index (χ2v) is 5.13. The number of amides is 1. The number of carbonyl (C=O) groups excluding carboxylic acids is 1. The van der Waals surface area contributed by atoms with Crippen LogP contribution in [0.1, 0.15) is 0 Å². The first-order chi connectivity index (χ1) is 5.89. The zero-order valence-electron chi connectivity index (χ0n) is 7.16. The van der Waals surface area contributed by atoms with Gasteiger partial charge in [-0.15, -0.1) is 11.6 Å². The Morgan fingerprint density at radius 1 is 1.62 bits per heavy atom. The molecular formula is C6H12ClNO4S. The Morgan fingerprint density at radius 2 is 2.15 bits per heavy atom. The summed E-state index contributed by atoms with van der Waals surface area (Å²) >= 11 is 5.18. The van der Waals surface area contributed by atoms with Crippen LogP contribution >= 0.6 is 11.6 Å². The van der Waals surface area contributed by atoms with Crippen LogP contribution in [0, 0.1) is 0 Å². The van der Waals surface area contributed by atoms with Crippen molar-refractivity contribution in [2.24, 2.45) is 0 Å². The van der Waals surface area contributed by atoms with Gasteiger partial charge in [-0.3, -0.25) is 4.79 Å². The molecule has 0 aromatic heterocycles. The van der Waals surface area contributed by atoms with Gasteiger partial charge in [-0.05, 0) is 0 Å². The van der Waals surface area contributed by atoms with Crippen LogP contribution in [0.25, 0.3) is 0 Å². The summed E-state index contributed by atoms with van der Waals surface area (Å²) < 4.78 is 21.5. The summed E-state index contributed by atoms with van der Waals surface area (Å²) in [5, 5.41) is 11.0. The quantitative estimate of drug-likeness (QED) is 0.577. The van der Waals surface area contributed by atoms with Crippen LogP contribution in [0.5, 0.6) is 0 Å². The third-order valence-electron chi connectivity index (χ3n) is 1.21. The van der Waals surface area contributed by atoms with Gasteiger partial charge in [-0.25, -0.2) is 8.42 Å². The highest BCUT2D eigenvalue weighted by Crippen LogP contribution is 1.91. The van der Waals surface area contributed by atoms with Gasteiger partial charge < -0.3 is 10.4 Å². The zero-order valence-corrected chi connectivity index (χ0v) is 8.73. The molecule has 0 aliphatic carbocycles. The molecule has 0 aromatic rings. The monoisotopic (exact) mass is 229 g/mol. The molecule has 0 heterocycles. The Bertz CT molecular complexity index is 264. The maximum absolute atomic E-state index is 10.8. The largest absolute Gasteiger partial charge is 0.394 e. The highest BCUT2D eigenvalue weighted by atomic mass is 35.5. The highest BCUT2D eigenvalue weighted by Gasteiger charge is 2.15. The van der Waals surface area contributed by atoms with E-state index in [1.807, 2.05) is 0 Å². The molecule has 0 saturated heterocycles. The number of nitrogens with one attached hydrogen (secondary N) is 1. The molecule has 5 nitrogen and oxygen atoms in total. The summed E-state index contributed by atoms with van der Waals surface area (Å²) in [6, 6.07) is -0.777. The first-order valence-corrected chi connectivity index (χ1v) is 6.12. The van der Waals surface area contributed by atoms with Crippen molar-refractivity contribution in [3.8, 4) is 0 Å². The SMILES string of the molecule is CS(=O)(=O)C[C@@H](CO)NC(=O)CCl. The summed E-state index contributed by atoms with van der Waals surface area (Å²) in [5.74, 6) is -1.03. The van der Waals surface area contributed by atoms with E-state index in [4.69, 9.17) is 16.7 Å². The van der Waals surface area contributed by atoms with E-state index in [0.717, 1.165) is 6.26 Å². The van der Waals surface area contributed by atoms with Crippen LogP contribution in [0.2, 0.25) is 0 Å². The average Bonchev–Trinajstić information content (AvgIpc) is 2.00. The number of aliphatic hydroxyl groups excluding tert-OH is 1. The van der Waals surface area contributed by atoms with Crippen molar-refractivity contribution in [3.05, 3.63) is 0 Å². The van der Waals surface area contributed by atoms with Crippen molar-refractivity contribution < 1.29 is 18.3 Å². The average molecular weight is 230 g/mol. The molecule has 0 spiro atoms. The molecule has 0 fully saturated rings. The minimum atomic E-state index is -3.21. The molecule has 1 amide bonds. The minimum absolute atomic E-state index is 0.250. The maximum atomic E-state index is 10.8. The van der Waals surface area contributed by atoms with E-state index in [2.05, 4.69) is 5.32 Å². The predicted octanol–water partition coefficient (Wildman–Crippen LogP) is -1.25. The molecule has 0 unspecified atom stereocenters. The van der Waals surface area contributed by atoms with Crippen molar-refractivity contribution >= 4 is 27.3 Å². The summed E-state index contributed by atoms with van der Waals surface area (Å²) in [6.07, 6.45) is 1.03. The van der Waals surface area contributed by atoms with Crippen LogP contribution in [0.4, 0.5) is 0 Å². The third kappa shape index (κ3) is 6.80. The Kier molecular flexibility index (Phi) is 5.27. The summed E-state index contributed by atoms with van der Waals surface area (Å²) in [7, 11) is -3.21. The highest BCUT2D eigenvalue weighted by molar-refractivity contribution is 7.90. The molecule has 0 bridgehead atoms. The normalized spacial score (nSPS) is 13.8. The van der Waals surface area contributed by atoms with Gasteiger partial charge >= 0.3 is 0 Å². The van der Waals surface area contributed by atoms with E-state index in [-0.39, 0.29) is 11.6 Å². The Morgan fingerprint density at radius 3 is 2.46 bits per heavy atom. The molecule has 7 heteroatoms. The Labute approximate surface area is 82.0 Å². The predicted molar refractivity (Wildman–Crippen MR) is 49.4 cm³/mol. The van der Waals surface area contributed by atoms with Crippen molar-refractivity contribution in [3.63, 3.8) is 0 Å². The van der Waals surface area contributed by atoms with Crippen LogP contribution in [0.3, 0.4) is 0 Å². The lowest BCUT2D eigenvalue weighted by molar-refractivity contribution is -0.119. The van der Waals surface area contributed by atoms with Gasteiger partial charge in [-0.1, -0.05) is 0 Å². The summed E-state index contributed by atoms with van der Waals surface area (Å²) in [6.45, 7) is -0.421. The molecule has 0 aliphatic heterocycles. The van der Waals surface area contributed by atoms with Crippen LogP contribution in [0.15, 0.2) is 0 Å². The molecular weight excluding hydrogens is 218 g/mol. The molecule has 0 aromatic carbocycles. The van der Waals surface area contributed by atoms with Crippen LogP contribution in [-0.4, -0.2) is 50.0 Å². The van der Waals surface area contributed by atoms with E-state index in [1.54, 1.807) is 0 Å². The summed E-state index contributed by atoms with van der Waals surface area (Å²) in [4.78, 5) is 10.7. The van der Waals surface area contributed by atoms with E-state index in [9.17, 15) is 13.2 Å². The van der Waals surface area contributed by atoms with E-state index >= 15 is 0 Å². The first-order valence-electron chi connectivity index (χ1n) is 3.53. The van der Waals surface area contributed by atoms with Crippen molar-refractivity contribution in [2.75, 3.05) is 24.5 Å². The minimum Gasteiger partial charge on any atom is -0.394 e. The topological polar surface area (TPSA) is 83.5 Å². The Balaban J connectivity index is 4.13. The van der Waals surface area contributed by atoms with Crippen molar-refractivity contribution in [2.45, 2.75) is 6.04 Å². The van der Waals surface area contributed by atoms with Gasteiger partial charge in [0.2, 0.25) is 5.91 Å². The number of aliphatic hydroxyl groups is 1. The number of sulfone groups is 1. The molecule has 0 aliphatic rings. The molecule has 0 saturated carbocycles. The fourth-order valence-electron chi connectivity index (χ4n) is 0.772. The van der Waals surface area contributed by atoms with Crippen molar-refractivity contribution in [1.29, 1.82) is 0 Å². The smallest absolute Gasteiger partial charge is 0.235 e. The van der Waals surface area contributed by atoms with Gasteiger partial charge in [0, 0.05) is 6.26 Å². The van der Waals surface area contributed by atoms with Gasteiger partial charge in [-0.2, -0.15) is 0 Å². The number of alkyl halides is 1. The fraction of sp³-hybridized carbons (Fsp3) is 0.833. The second-order valence-electron chi connectivity index (χ2n) is 2.67. The van der Waals surface area contributed by atoms with Gasteiger partial charge in [0.05, 0.1) is 18.4 Å². The number of carbonyl (C=O) groups is 1. The van der Waals surface area contributed by atoms with Crippen molar-refractivity contribution in [1.82, 2.24) is 5.32 Å². The van der Waals surface area contributed by atoms with Crippen LogP contribution in [-0.2, 0) is 14.6 Å². The molecule has 1 atom stereocenters. The molecule has 2 N–H and O–H groups in total. The third-order valence-corrected chi connectivity index (χ3v) is 2.46. The van der Waals surface area contributed by atoms with E-state index in [1.165, 1.54) is 0 Å². The molecule has 78 valence electrons. The second kappa shape index (κ2) is 5.41. The van der Waals surface area contributed by atoms with E-state index in [0.29, 0.717) is 0 Å². The lowest BCUT2D eigenvalue weighted by atomic mass is 10.3. The van der Waals surface area contributed by atoms with Gasteiger partial charge in [0.25, 0.3) is 0 Å². The van der Waals surface area contributed by atoms with Gasteiger partial charge in [0.1, 0.15) is 15.7 Å².